The third-order valence-electron chi connectivity index (χ3n) is 4.98. The standard InChI is InChI=1S/C28H32N2O4/c1-4-32-25-13-15-27(16-14-25)34-20-23-5-9-24(10-6-23)28(31)30-29-19-22-7-11-26(12-8-22)33-18-17-21(2)3/h5-16,19,21H,4,17-18,20H2,1-3H3,(H,30,31). The average Bonchev–Trinajstić information content (AvgIpc) is 2.85. The zero-order chi connectivity index (χ0) is 24.2. The number of hydrogen-bond donors (Lipinski definition) is 1. The number of ether oxygens (including phenoxy) is 3. The molecule has 3 rings (SSSR count). The van der Waals surface area contributed by atoms with Gasteiger partial charge in [0.15, 0.2) is 0 Å². The van der Waals surface area contributed by atoms with Gasteiger partial charge in [0.2, 0.25) is 0 Å². The number of nitrogens with one attached hydrogen (secondary N) is 1. The highest BCUT2D eigenvalue weighted by Crippen LogP contribution is 2.19. The molecule has 0 aliphatic rings. The van der Waals surface area contributed by atoms with Gasteiger partial charge in [0.25, 0.3) is 5.91 Å². The van der Waals surface area contributed by atoms with Crippen LogP contribution in [0.2, 0.25) is 0 Å². The molecule has 6 heteroatoms. The van der Waals surface area contributed by atoms with Gasteiger partial charge in [-0.15, -0.1) is 0 Å². The van der Waals surface area contributed by atoms with Gasteiger partial charge >= 0.3 is 0 Å². The van der Waals surface area contributed by atoms with E-state index in [0.717, 1.165) is 34.8 Å². The van der Waals surface area contributed by atoms with Crippen molar-refractivity contribution in [3.05, 3.63) is 89.5 Å². The summed E-state index contributed by atoms with van der Waals surface area (Å²) in [5.41, 5.74) is 4.92. The lowest BCUT2D eigenvalue weighted by Gasteiger charge is -2.08. The summed E-state index contributed by atoms with van der Waals surface area (Å²) in [6.07, 6.45) is 2.63. The lowest BCUT2D eigenvalue weighted by molar-refractivity contribution is 0.0955. The quantitative estimate of drug-likeness (QED) is 0.272. The molecule has 0 radical (unpaired) electrons. The molecule has 0 bridgehead atoms. The summed E-state index contributed by atoms with van der Waals surface area (Å²) < 4.78 is 16.9. The molecule has 0 unspecified atom stereocenters. The first kappa shape index (κ1) is 24.8. The molecule has 3 aromatic rings. The Labute approximate surface area is 201 Å². The number of benzene rings is 3. The number of hydrazone groups is 1. The van der Waals surface area contributed by atoms with Gasteiger partial charge in [-0.05, 0) is 91.1 Å². The van der Waals surface area contributed by atoms with E-state index in [1.807, 2.05) is 67.6 Å². The maximum Gasteiger partial charge on any atom is 0.271 e. The average molecular weight is 461 g/mol. The minimum atomic E-state index is -0.274. The van der Waals surface area contributed by atoms with Crippen LogP contribution < -0.4 is 19.6 Å². The molecule has 0 spiro atoms. The molecule has 6 nitrogen and oxygen atoms in total. The van der Waals surface area contributed by atoms with E-state index in [2.05, 4.69) is 24.4 Å². The normalized spacial score (nSPS) is 10.9. The van der Waals surface area contributed by atoms with E-state index in [-0.39, 0.29) is 5.91 Å². The van der Waals surface area contributed by atoms with Crippen molar-refractivity contribution in [3.63, 3.8) is 0 Å². The van der Waals surface area contributed by atoms with Crippen molar-refractivity contribution in [2.75, 3.05) is 13.2 Å². The van der Waals surface area contributed by atoms with Gasteiger partial charge in [-0.2, -0.15) is 5.10 Å². The first-order chi connectivity index (χ1) is 16.5. The third-order valence-corrected chi connectivity index (χ3v) is 4.98. The van der Waals surface area contributed by atoms with Crippen LogP contribution in [0.4, 0.5) is 0 Å². The Balaban J connectivity index is 1.43. The number of carbonyl (C=O) groups excluding carboxylic acids is 1. The van der Waals surface area contributed by atoms with E-state index in [4.69, 9.17) is 14.2 Å². The summed E-state index contributed by atoms with van der Waals surface area (Å²) in [5, 5.41) is 4.05. The molecule has 1 N–H and O–H groups in total. The predicted molar refractivity (Wildman–Crippen MR) is 135 cm³/mol. The van der Waals surface area contributed by atoms with Crippen LogP contribution in [-0.2, 0) is 6.61 Å². The molecule has 3 aromatic carbocycles. The fourth-order valence-electron chi connectivity index (χ4n) is 3.01. The lowest BCUT2D eigenvalue weighted by Crippen LogP contribution is -2.17. The zero-order valence-corrected chi connectivity index (χ0v) is 20.0. The summed E-state index contributed by atoms with van der Waals surface area (Å²) in [7, 11) is 0. The number of amides is 1. The maximum absolute atomic E-state index is 12.4. The van der Waals surface area contributed by atoms with Gasteiger partial charge in [0, 0.05) is 5.56 Å². The van der Waals surface area contributed by atoms with Crippen molar-refractivity contribution in [3.8, 4) is 17.2 Å². The third kappa shape index (κ3) is 8.28. The SMILES string of the molecule is CCOc1ccc(OCc2ccc(C(=O)NN=Cc3ccc(OCCC(C)C)cc3)cc2)cc1. The van der Waals surface area contributed by atoms with E-state index < -0.39 is 0 Å². The summed E-state index contributed by atoms with van der Waals surface area (Å²) in [5.74, 6) is 2.74. The molecule has 0 atom stereocenters. The number of rotatable bonds is 12. The van der Waals surface area contributed by atoms with Crippen LogP contribution in [0.3, 0.4) is 0 Å². The first-order valence-electron chi connectivity index (χ1n) is 11.5. The number of carbonyl (C=O) groups is 1. The Hall–Kier alpha value is -3.80. The van der Waals surface area contributed by atoms with Crippen molar-refractivity contribution >= 4 is 12.1 Å². The minimum Gasteiger partial charge on any atom is -0.494 e. The van der Waals surface area contributed by atoms with Crippen molar-refractivity contribution < 1.29 is 19.0 Å². The molecule has 0 heterocycles. The number of nitrogens with zero attached hydrogens (tertiary/aromatic N) is 1. The fraction of sp³-hybridized carbons (Fsp3) is 0.286. The van der Waals surface area contributed by atoms with Gasteiger partial charge in [0.05, 0.1) is 19.4 Å². The molecule has 0 fully saturated rings. The molecular weight excluding hydrogens is 428 g/mol. The Bertz CT molecular complexity index is 1040. The van der Waals surface area contributed by atoms with Crippen LogP contribution >= 0.6 is 0 Å². The molecule has 0 aliphatic carbocycles. The molecule has 0 saturated heterocycles. The van der Waals surface area contributed by atoms with Gasteiger partial charge in [-0.3, -0.25) is 4.79 Å². The van der Waals surface area contributed by atoms with Crippen LogP contribution in [0, 0.1) is 5.92 Å². The van der Waals surface area contributed by atoms with Crippen molar-refractivity contribution in [2.45, 2.75) is 33.8 Å². The zero-order valence-electron chi connectivity index (χ0n) is 20.0. The second-order valence-electron chi connectivity index (χ2n) is 8.19. The van der Waals surface area contributed by atoms with Gasteiger partial charge in [-0.25, -0.2) is 5.43 Å². The van der Waals surface area contributed by atoms with Crippen LogP contribution in [-0.4, -0.2) is 25.3 Å². The van der Waals surface area contributed by atoms with E-state index in [1.54, 1.807) is 18.3 Å². The van der Waals surface area contributed by atoms with Gasteiger partial charge < -0.3 is 14.2 Å². The summed E-state index contributed by atoms with van der Waals surface area (Å²) in [6, 6.07) is 22.4. The first-order valence-corrected chi connectivity index (χ1v) is 11.5. The summed E-state index contributed by atoms with van der Waals surface area (Å²) >= 11 is 0. The minimum absolute atomic E-state index is 0.274. The molecular formula is C28H32N2O4. The van der Waals surface area contributed by atoms with E-state index in [9.17, 15) is 4.79 Å². The maximum atomic E-state index is 12.4. The molecule has 0 saturated carbocycles. The highest BCUT2D eigenvalue weighted by atomic mass is 16.5. The second kappa shape index (κ2) is 13.0. The molecule has 1 amide bonds. The van der Waals surface area contributed by atoms with Gasteiger partial charge in [0.1, 0.15) is 23.9 Å². The molecule has 0 aliphatic heterocycles. The Morgan fingerprint density at radius 1 is 0.853 bits per heavy atom. The van der Waals surface area contributed by atoms with Crippen molar-refractivity contribution in [1.82, 2.24) is 5.43 Å². The van der Waals surface area contributed by atoms with Crippen LogP contribution in [0.5, 0.6) is 17.2 Å². The van der Waals surface area contributed by atoms with E-state index in [1.165, 1.54) is 0 Å². The van der Waals surface area contributed by atoms with Crippen LogP contribution in [0.15, 0.2) is 77.9 Å². The van der Waals surface area contributed by atoms with Crippen LogP contribution in [0.25, 0.3) is 0 Å². The molecule has 0 aromatic heterocycles. The van der Waals surface area contributed by atoms with Crippen LogP contribution in [0.1, 0.15) is 48.7 Å². The Morgan fingerprint density at radius 2 is 1.44 bits per heavy atom. The highest BCUT2D eigenvalue weighted by Gasteiger charge is 2.05. The number of hydrogen-bond acceptors (Lipinski definition) is 5. The monoisotopic (exact) mass is 460 g/mol. The largest absolute Gasteiger partial charge is 0.494 e. The summed E-state index contributed by atoms with van der Waals surface area (Å²) in [4.78, 5) is 12.4. The topological polar surface area (TPSA) is 69.2 Å². The summed E-state index contributed by atoms with van der Waals surface area (Å²) in [6.45, 7) is 8.03. The predicted octanol–water partition coefficient (Wildman–Crippen LogP) is 5.85. The molecule has 34 heavy (non-hydrogen) atoms. The van der Waals surface area contributed by atoms with E-state index in [0.29, 0.717) is 31.3 Å². The Morgan fingerprint density at radius 3 is 2.06 bits per heavy atom. The smallest absolute Gasteiger partial charge is 0.271 e. The lowest BCUT2D eigenvalue weighted by atomic mass is 10.1. The van der Waals surface area contributed by atoms with E-state index >= 15 is 0 Å². The van der Waals surface area contributed by atoms with Crippen molar-refractivity contribution in [1.29, 1.82) is 0 Å². The second-order valence-corrected chi connectivity index (χ2v) is 8.19. The van der Waals surface area contributed by atoms with Gasteiger partial charge in [-0.1, -0.05) is 26.0 Å². The molecule has 178 valence electrons. The van der Waals surface area contributed by atoms with Crippen molar-refractivity contribution in [2.24, 2.45) is 11.0 Å². The fourth-order valence-corrected chi connectivity index (χ4v) is 3.01. The highest BCUT2D eigenvalue weighted by molar-refractivity contribution is 5.94. The Kier molecular flexibility index (Phi) is 9.52.